The molecule has 1 aliphatic heterocycles. The Bertz CT molecular complexity index is 201. The van der Waals surface area contributed by atoms with E-state index in [1.54, 1.807) is 0 Å². The van der Waals surface area contributed by atoms with Gasteiger partial charge in [-0.3, -0.25) is 0 Å². The Kier molecular flexibility index (Phi) is 5.71. The topological polar surface area (TPSA) is 50.7 Å². The van der Waals surface area contributed by atoms with Gasteiger partial charge in [0.25, 0.3) is 0 Å². The van der Waals surface area contributed by atoms with Crippen molar-refractivity contribution < 1.29 is 14.6 Å². The molecule has 2 atom stereocenters. The van der Waals surface area contributed by atoms with E-state index in [9.17, 15) is 5.11 Å². The first-order valence-corrected chi connectivity index (χ1v) is 6.95. The molecule has 0 aromatic heterocycles. The van der Waals surface area contributed by atoms with Crippen LogP contribution in [-0.4, -0.2) is 49.7 Å². The molecule has 2 aliphatic rings. The number of hydrogen-bond acceptors (Lipinski definition) is 4. The largest absolute Gasteiger partial charge is 0.389 e. The summed E-state index contributed by atoms with van der Waals surface area (Å²) in [7, 11) is 0. The van der Waals surface area contributed by atoms with Gasteiger partial charge in [0, 0.05) is 19.2 Å². The molecule has 2 rings (SSSR count). The van der Waals surface area contributed by atoms with Gasteiger partial charge in [-0.15, -0.1) is 0 Å². The van der Waals surface area contributed by atoms with Gasteiger partial charge < -0.3 is 19.9 Å². The van der Waals surface area contributed by atoms with E-state index in [2.05, 4.69) is 5.32 Å². The Morgan fingerprint density at radius 3 is 2.76 bits per heavy atom. The van der Waals surface area contributed by atoms with Gasteiger partial charge in [0.2, 0.25) is 0 Å². The van der Waals surface area contributed by atoms with Crippen LogP contribution in [0.2, 0.25) is 0 Å². The van der Waals surface area contributed by atoms with Crippen LogP contribution in [0.1, 0.15) is 38.5 Å². The molecule has 0 spiro atoms. The Labute approximate surface area is 104 Å². The average molecular weight is 243 g/mol. The summed E-state index contributed by atoms with van der Waals surface area (Å²) in [5.41, 5.74) is 0. The van der Waals surface area contributed by atoms with Crippen molar-refractivity contribution in [2.75, 3.05) is 26.4 Å². The van der Waals surface area contributed by atoms with E-state index in [4.69, 9.17) is 9.47 Å². The summed E-state index contributed by atoms with van der Waals surface area (Å²) in [6.45, 7) is 2.73. The van der Waals surface area contributed by atoms with Crippen molar-refractivity contribution in [1.82, 2.24) is 5.32 Å². The lowest BCUT2D eigenvalue weighted by atomic mass is 10.1. The summed E-state index contributed by atoms with van der Waals surface area (Å²) in [5, 5.41) is 13.2. The lowest BCUT2D eigenvalue weighted by molar-refractivity contribution is -0.00919. The molecular weight excluding hydrogens is 218 g/mol. The lowest BCUT2D eigenvalue weighted by Gasteiger charge is -2.24. The quantitative estimate of drug-likeness (QED) is 0.733. The number of ether oxygens (including phenoxy) is 2. The summed E-state index contributed by atoms with van der Waals surface area (Å²) in [6.07, 6.45) is 7.15. The zero-order valence-electron chi connectivity index (χ0n) is 10.6. The van der Waals surface area contributed by atoms with Crippen molar-refractivity contribution in [1.29, 1.82) is 0 Å². The molecular formula is C13H25NO3. The van der Waals surface area contributed by atoms with E-state index in [0.29, 0.717) is 25.3 Å². The van der Waals surface area contributed by atoms with Crippen LogP contribution >= 0.6 is 0 Å². The summed E-state index contributed by atoms with van der Waals surface area (Å²) >= 11 is 0. The van der Waals surface area contributed by atoms with E-state index < -0.39 is 6.10 Å². The second-order valence-electron chi connectivity index (χ2n) is 5.22. The first-order chi connectivity index (χ1) is 8.34. The van der Waals surface area contributed by atoms with Gasteiger partial charge in [0.05, 0.1) is 25.4 Å². The van der Waals surface area contributed by atoms with Gasteiger partial charge in [0.1, 0.15) is 0 Å². The average Bonchev–Trinajstić information content (AvgIpc) is 2.88. The zero-order chi connectivity index (χ0) is 11.9. The molecule has 0 amide bonds. The number of aliphatic hydroxyl groups excluding tert-OH is 1. The number of rotatable bonds is 6. The molecule has 0 aromatic carbocycles. The maximum absolute atomic E-state index is 9.81. The first-order valence-electron chi connectivity index (χ1n) is 6.95. The molecule has 1 saturated heterocycles. The van der Waals surface area contributed by atoms with Crippen molar-refractivity contribution in [2.24, 2.45) is 0 Å². The zero-order valence-corrected chi connectivity index (χ0v) is 10.6. The monoisotopic (exact) mass is 243 g/mol. The summed E-state index contributed by atoms with van der Waals surface area (Å²) < 4.78 is 11.1. The lowest BCUT2D eigenvalue weighted by Crippen LogP contribution is -2.42. The number of aliphatic hydroxyl groups is 1. The van der Waals surface area contributed by atoms with Crippen molar-refractivity contribution in [3.8, 4) is 0 Å². The predicted molar refractivity (Wildman–Crippen MR) is 66.1 cm³/mol. The highest BCUT2D eigenvalue weighted by atomic mass is 16.5. The van der Waals surface area contributed by atoms with E-state index in [-0.39, 0.29) is 0 Å². The molecule has 2 unspecified atom stereocenters. The van der Waals surface area contributed by atoms with E-state index in [1.165, 1.54) is 12.8 Å². The van der Waals surface area contributed by atoms with Gasteiger partial charge >= 0.3 is 0 Å². The van der Waals surface area contributed by atoms with Crippen LogP contribution in [0.4, 0.5) is 0 Å². The first kappa shape index (κ1) is 13.3. The molecule has 0 radical (unpaired) electrons. The normalized spacial score (nSPS) is 28.4. The van der Waals surface area contributed by atoms with Crippen molar-refractivity contribution in [3.05, 3.63) is 0 Å². The molecule has 1 aliphatic carbocycles. The predicted octanol–water partition coefficient (Wildman–Crippen LogP) is 1.08. The Morgan fingerprint density at radius 2 is 2.06 bits per heavy atom. The van der Waals surface area contributed by atoms with Gasteiger partial charge in [-0.2, -0.15) is 0 Å². The van der Waals surface area contributed by atoms with Crippen molar-refractivity contribution in [2.45, 2.75) is 56.8 Å². The summed E-state index contributed by atoms with van der Waals surface area (Å²) in [5.74, 6) is 0. The fourth-order valence-electron chi connectivity index (χ4n) is 2.57. The molecule has 4 heteroatoms. The fourth-order valence-corrected chi connectivity index (χ4v) is 2.57. The SMILES string of the molecule is OC(CNC1CCCOC1)COC1CCCC1. The van der Waals surface area contributed by atoms with Crippen LogP contribution in [-0.2, 0) is 9.47 Å². The van der Waals surface area contributed by atoms with E-state index in [0.717, 1.165) is 38.9 Å². The second-order valence-corrected chi connectivity index (χ2v) is 5.22. The van der Waals surface area contributed by atoms with Crippen LogP contribution in [0.5, 0.6) is 0 Å². The van der Waals surface area contributed by atoms with E-state index in [1.807, 2.05) is 0 Å². The molecule has 1 saturated carbocycles. The maximum atomic E-state index is 9.81. The van der Waals surface area contributed by atoms with Crippen LogP contribution in [0, 0.1) is 0 Å². The van der Waals surface area contributed by atoms with Crippen LogP contribution in [0.25, 0.3) is 0 Å². The Balaban J connectivity index is 1.52. The smallest absolute Gasteiger partial charge is 0.0897 e. The third-order valence-electron chi connectivity index (χ3n) is 3.63. The fraction of sp³-hybridized carbons (Fsp3) is 1.00. The van der Waals surface area contributed by atoms with Gasteiger partial charge in [-0.25, -0.2) is 0 Å². The number of hydrogen-bond donors (Lipinski definition) is 2. The molecule has 2 N–H and O–H groups in total. The molecule has 17 heavy (non-hydrogen) atoms. The van der Waals surface area contributed by atoms with Gasteiger partial charge in [0.15, 0.2) is 0 Å². The van der Waals surface area contributed by atoms with Crippen LogP contribution < -0.4 is 5.32 Å². The standard InChI is InChI=1S/C13H25NO3/c15-12(10-17-13-5-1-2-6-13)8-14-11-4-3-7-16-9-11/h11-15H,1-10H2. The van der Waals surface area contributed by atoms with Gasteiger partial charge in [-0.05, 0) is 25.7 Å². The summed E-state index contributed by atoms with van der Waals surface area (Å²) in [4.78, 5) is 0. The number of nitrogens with one attached hydrogen (secondary N) is 1. The van der Waals surface area contributed by atoms with Crippen molar-refractivity contribution >= 4 is 0 Å². The minimum atomic E-state index is -0.391. The van der Waals surface area contributed by atoms with Crippen LogP contribution in [0.15, 0.2) is 0 Å². The third kappa shape index (κ3) is 4.92. The Morgan fingerprint density at radius 1 is 1.24 bits per heavy atom. The molecule has 0 bridgehead atoms. The highest BCUT2D eigenvalue weighted by molar-refractivity contribution is 4.73. The van der Waals surface area contributed by atoms with Crippen LogP contribution in [0.3, 0.4) is 0 Å². The van der Waals surface area contributed by atoms with Crippen molar-refractivity contribution in [3.63, 3.8) is 0 Å². The highest BCUT2D eigenvalue weighted by Gasteiger charge is 2.18. The molecule has 2 fully saturated rings. The summed E-state index contributed by atoms with van der Waals surface area (Å²) in [6, 6.07) is 0.407. The minimum absolute atomic E-state index is 0.391. The maximum Gasteiger partial charge on any atom is 0.0897 e. The molecule has 4 nitrogen and oxygen atoms in total. The molecule has 1 heterocycles. The molecule has 0 aromatic rings. The molecule has 100 valence electrons. The minimum Gasteiger partial charge on any atom is -0.389 e. The third-order valence-corrected chi connectivity index (χ3v) is 3.63. The Hall–Kier alpha value is -0.160. The highest BCUT2D eigenvalue weighted by Crippen LogP contribution is 2.20. The second kappa shape index (κ2) is 7.31. The van der Waals surface area contributed by atoms with Gasteiger partial charge in [-0.1, -0.05) is 12.8 Å². The van der Waals surface area contributed by atoms with E-state index >= 15 is 0 Å².